The number of nitrogens with two attached hydrogens (primary N) is 1. The van der Waals surface area contributed by atoms with E-state index in [4.69, 9.17) is 18.0 Å². The molecule has 82 valence electrons. The average molecular weight is 225 g/mol. The maximum Gasteiger partial charge on any atom is 0.170 e. The Kier molecular flexibility index (Phi) is 3.74. The van der Waals surface area contributed by atoms with Crippen molar-refractivity contribution in [1.29, 1.82) is 0 Å². The van der Waals surface area contributed by atoms with Crippen LogP contribution in [0.3, 0.4) is 0 Å². The van der Waals surface area contributed by atoms with E-state index in [0.717, 1.165) is 0 Å². The lowest BCUT2D eigenvalue weighted by Crippen LogP contribution is -2.33. The molecule has 0 bridgehead atoms. The summed E-state index contributed by atoms with van der Waals surface area (Å²) in [6, 6.07) is 5.18. The van der Waals surface area contributed by atoms with Crippen molar-refractivity contribution in [3.05, 3.63) is 18.2 Å². The van der Waals surface area contributed by atoms with Gasteiger partial charge in [0.15, 0.2) is 5.11 Å². The van der Waals surface area contributed by atoms with Gasteiger partial charge in [0, 0.05) is 17.8 Å². The van der Waals surface area contributed by atoms with E-state index in [1.807, 2.05) is 13.8 Å². The minimum absolute atomic E-state index is 0.0485. The summed E-state index contributed by atoms with van der Waals surface area (Å²) in [5.41, 5.74) is 6.53. The van der Waals surface area contributed by atoms with Crippen molar-refractivity contribution in [3.8, 4) is 5.75 Å². The molecule has 0 aliphatic carbocycles. The van der Waals surface area contributed by atoms with Gasteiger partial charge in [-0.3, -0.25) is 0 Å². The van der Waals surface area contributed by atoms with Crippen molar-refractivity contribution in [2.45, 2.75) is 19.9 Å². The predicted octanol–water partition coefficient (Wildman–Crippen LogP) is 1.67. The second-order valence-electron chi connectivity index (χ2n) is 3.53. The normalized spacial score (nSPS) is 10.1. The summed E-state index contributed by atoms with van der Waals surface area (Å²) in [7, 11) is 0. The zero-order chi connectivity index (χ0) is 11.4. The van der Waals surface area contributed by atoms with E-state index in [2.05, 4.69) is 10.6 Å². The second-order valence-corrected chi connectivity index (χ2v) is 3.94. The number of anilines is 2. The highest BCUT2D eigenvalue weighted by Crippen LogP contribution is 2.23. The topological polar surface area (TPSA) is 70.3 Å². The van der Waals surface area contributed by atoms with Crippen LogP contribution < -0.4 is 16.4 Å². The molecular formula is C10H15N3OS. The molecule has 1 aromatic rings. The van der Waals surface area contributed by atoms with Gasteiger partial charge >= 0.3 is 0 Å². The molecule has 0 heterocycles. The Bertz CT molecular complexity index is 366. The zero-order valence-corrected chi connectivity index (χ0v) is 9.56. The van der Waals surface area contributed by atoms with Crippen LogP contribution in [0.4, 0.5) is 11.4 Å². The number of benzene rings is 1. The molecule has 1 rings (SSSR count). The molecule has 4 nitrogen and oxygen atoms in total. The summed E-state index contributed by atoms with van der Waals surface area (Å²) in [5.74, 6) is 0.0485. The number of hydrogen-bond donors (Lipinski definition) is 4. The number of phenolic OH excluding ortho intramolecular Hbond substituents is 1. The van der Waals surface area contributed by atoms with Crippen LogP contribution in [0.15, 0.2) is 18.2 Å². The number of hydrogen-bond acceptors (Lipinski definition) is 3. The smallest absolute Gasteiger partial charge is 0.170 e. The third-order valence-electron chi connectivity index (χ3n) is 1.71. The summed E-state index contributed by atoms with van der Waals surface area (Å²) in [4.78, 5) is 0. The number of thiocarbonyl (C=S) groups is 1. The maximum absolute atomic E-state index is 9.37. The summed E-state index contributed by atoms with van der Waals surface area (Å²) < 4.78 is 0. The van der Waals surface area contributed by atoms with Crippen molar-refractivity contribution in [1.82, 2.24) is 5.32 Å². The first kappa shape index (κ1) is 11.6. The van der Waals surface area contributed by atoms with Crippen molar-refractivity contribution in [2.24, 2.45) is 0 Å². The van der Waals surface area contributed by atoms with Crippen LogP contribution in [-0.2, 0) is 0 Å². The minimum Gasteiger partial charge on any atom is -0.506 e. The van der Waals surface area contributed by atoms with E-state index in [1.165, 1.54) is 6.07 Å². The van der Waals surface area contributed by atoms with Crippen molar-refractivity contribution >= 4 is 28.7 Å². The Labute approximate surface area is 94.5 Å². The van der Waals surface area contributed by atoms with E-state index in [0.29, 0.717) is 16.5 Å². The van der Waals surface area contributed by atoms with E-state index < -0.39 is 0 Å². The first-order chi connectivity index (χ1) is 6.99. The monoisotopic (exact) mass is 225 g/mol. The molecule has 0 aromatic heterocycles. The van der Waals surface area contributed by atoms with Gasteiger partial charge in [0.1, 0.15) is 5.75 Å². The van der Waals surface area contributed by atoms with Gasteiger partial charge < -0.3 is 21.5 Å². The first-order valence-electron chi connectivity index (χ1n) is 4.65. The van der Waals surface area contributed by atoms with Crippen LogP contribution in [0.5, 0.6) is 5.75 Å². The molecule has 0 amide bonds. The molecule has 0 aliphatic rings. The highest BCUT2D eigenvalue weighted by Gasteiger charge is 2.02. The van der Waals surface area contributed by atoms with Gasteiger partial charge in [0.05, 0.1) is 5.69 Å². The molecule has 0 unspecified atom stereocenters. The van der Waals surface area contributed by atoms with Crippen LogP contribution in [0, 0.1) is 0 Å². The Morgan fingerprint density at radius 2 is 2.13 bits per heavy atom. The highest BCUT2D eigenvalue weighted by molar-refractivity contribution is 7.80. The number of nitrogen functional groups attached to an aromatic ring is 1. The quantitative estimate of drug-likeness (QED) is 0.350. The molecule has 0 atom stereocenters. The lowest BCUT2D eigenvalue weighted by molar-refractivity contribution is 0.478. The molecule has 5 heteroatoms. The molecular weight excluding hydrogens is 210 g/mol. The van der Waals surface area contributed by atoms with E-state index >= 15 is 0 Å². The van der Waals surface area contributed by atoms with Crippen LogP contribution in [0.25, 0.3) is 0 Å². The van der Waals surface area contributed by atoms with E-state index in [9.17, 15) is 5.11 Å². The Hall–Kier alpha value is -1.49. The van der Waals surface area contributed by atoms with Crippen LogP contribution in [0.1, 0.15) is 13.8 Å². The molecule has 0 aliphatic heterocycles. The van der Waals surface area contributed by atoms with Gasteiger partial charge in [-0.05, 0) is 38.2 Å². The van der Waals surface area contributed by atoms with Crippen molar-refractivity contribution < 1.29 is 5.11 Å². The van der Waals surface area contributed by atoms with Gasteiger partial charge in [-0.15, -0.1) is 0 Å². The third kappa shape index (κ3) is 3.63. The summed E-state index contributed by atoms with van der Waals surface area (Å²) in [6.07, 6.45) is 0. The Morgan fingerprint density at radius 3 is 2.67 bits per heavy atom. The Balaban J connectivity index is 2.65. The Morgan fingerprint density at radius 1 is 1.47 bits per heavy atom. The van der Waals surface area contributed by atoms with Gasteiger partial charge in [0.2, 0.25) is 0 Å². The molecule has 1 aromatic carbocycles. The number of rotatable bonds is 2. The van der Waals surface area contributed by atoms with Gasteiger partial charge in [0.25, 0.3) is 0 Å². The first-order valence-corrected chi connectivity index (χ1v) is 5.06. The molecule has 0 saturated heterocycles. The number of phenols is 1. The third-order valence-corrected chi connectivity index (χ3v) is 1.93. The SMILES string of the molecule is CC(C)NC(=S)Nc1ccc(N)c(O)c1. The minimum atomic E-state index is 0.0485. The molecule has 0 saturated carbocycles. The summed E-state index contributed by atoms with van der Waals surface area (Å²) >= 11 is 5.05. The number of nitrogens with one attached hydrogen (secondary N) is 2. The summed E-state index contributed by atoms with van der Waals surface area (Å²) in [6.45, 7) is 3.99. The summed E-state index contributed by atoms with van der Waals surface area (Å²) in [5, 5.41) is 15.9. The molecule has 0 radical (unpaired) electrons. The predicted molar refractivity (Wildman–Crippen MR) is 67.0 cm³/mol. The van der Waals surface area contributed by atoms with Crippen LogP contribution >= 0.6 is 12.2 Å². The average Bonchev–Trinajstić information content (AvgIpc) is 2.10. The fraction of sp³-hybridized carbons (Fsp3) is 0.300. The lowest BCUT2D eigenvalue weighted by Gasteiger charge is -2.13. The standard InChI is InChI=1S/C10H15N3OS/c1-6(2)12-10(15)13-7-3-4-8(11)9(14)5-7/h3-6,14H,11H2,1-2H3,(H2,12,13,15). The fourth-order valence-electron chi connectivity index (χ4n) is 1.05. The highest BCUT2D eigenvalue weighted by atomic mass is 32.1. The lowest BCUT2D eigenvalue weighted by atomic mass is 10.2. The van der Waals surface area contributed by atoms with Crippen LogP contribution in [0.2, 0.25) is 0 Å². The van der Waals surface area contributed by atoms with Gasteiger partial charge in [-0.2, -0.15) is 0 Å². The maximum atomic E-state index is 9.37. The van der Waals surface area contributed by atoms with Crippen LogP contribution in [-0.4, -0.2) is 16.3 Å². The molecule has 5 N–H and O–H groups in total. The zero-order valence-electron chi connectivity index (χ0n) is 8.74. The molecule has 0 fully saturated rings. The second kappa shape index (κ2) is 4.84. The van der Waals surface area contributed by atoms with Crippen molar-refractivity contribution in [3.63, 3.8) is 0 Å². The van der Waals surface area contributed by atoms with Gasteiger partial charge in [-0.1, -0.05) is 0 Å². The van der Waals surface area contributed by atoms with Gasteiger partial charge in [-0.25, -0.2) is 0 Å². The largest absolute Gasteiger partial charge is 0.506 e. The van der Waals surface area contributed by atoms with E-state index in [1.54, 1.807) is 12.1 Å². The molecule has 15 heavy (non-hydrogen) atoms. The number of aromatic hydroxyl groups is 1. The molecule has 0 spiro atoms. The van der Waals surface area contributed by atoms with E-state index in [-0.39, 0.29) is 11.8 Å². The van der Waals surface area contributed by atoms with Crippen molar-refractivity contribution in [2.75, 3.05) is 11.1 Å². The fourth-order valence-corrected chi connectivity index (χ4v) is 1.40.